The number of rotatable bonds is 9. The number of aliphatic carboxylic acids is 1. The summed E-state index contributed by atoms with van der Waals surface area (Å²) in [6, 6.07) is 0.336. The highest BCUT2D eigenvalue weighted by atomic mass is 16.4. The van der Waals surface area contributed by atoms with Crippen molar-refractivity contribution in [1.82, 2.24) is 10.6 Å². The van der Waals surface area contributed by atoms with E-state index in [2.05, 4.69) is 17.6 Å². The van der Waals surface area contributed by atoms with Crippen molar-refractivity contribution in [3.63, 3.8) is 0 Å². The molecule has 5 nitrogen and oxygen atoms in total. The molecule has 1 amide bonds. The van der Waals surface area contributed by atoms with Crippen LogP contribution in [0, 0.1) is 11.8 Å². The van der Waals surface area contributed by atoms with Crippen LogP contribution in [-0.4, -0.2) is 36.1 Å². The van der Waals surface area contributed by atoms with Crippen LogP contribution in [0.5, 0.6) is 0 Å². The molecule has 0 aromatic heterocycles. The SMILES string of the molecule is CC(CCNCC(=O)NC1CCCCC1C)CCC(=O)O. The van der Waals surface area contributed by atoms with Crippen LogP contribution >= 0.6 is 0 Å². The molecule has 5 heteroatoms. The molecule has 122 valence electrons. The standard InChI is InChI=1S/C16H30N2O3/c1-12(7-8-16(20)21)9-10-17-11-15(19)18-14-6-4-3-5-13(14)2/h12-14,17H,3-11H2,1-2H3,(H,18,19)(H,20,21). The highest BCUT2D eigenvalue weighted by Gasteiger charge is 2.22. The third kappa shape index (κ3) is 8.05. The van der Waals surface area contributed by atoms with E-state index in [4.69, 9.17) is 5.11 Å². The van der Waals surface area contributed by atoms with Crippen molar-refractivity contribution in [3.8, 4) is 0 Å². The molecule has 0 bridgehead atoms. The Morgan fingerprint density at radius 1 is 1.24 bits per heavy atom. The summed E-state index contributed by atoms with van der Waals surface area (Å²) in [5, 5.41) is 14.9. The van der Waals surface area contributed by atoms with Crippen LogP contribution in [0.25, 0.3) is 0 Å². The summed E-state index contributed by atoms with van der Waals surface area (Å²) in [7, 11) is 0. The molecule has 1 saturated carbocycles. The number of carbonyl (C=O) groups excluding carboxylic acids is 1. The molecule has 3 N–H and O–H groups in total. The summed E-state index contributed by atoms with van der Waals surface area (Å²) >= 11 is 0. The molecule has 0 aromatic carbocycles. The second-order valence-corrected chi connectivity index (χ2v) is 6.44. The van der Waals surface area contributed by atoms with Crippen molar-refractivity contribution in [2.45, 2.75) is 64.8 Å². The van der Waals surface area contributed by atoms with Crippen LogP contribution in [0.2, 0.25) is 0 Å². The van der Waals surface area contributed by atoms with Crippen LogP contribution in [0.15, 0.2) is 0 Å². The van der Waals surface area contributed by atoms with E-state index >= 15 is 0 Å². The number of carboxylic acids is 1. The summed E-state index contributed by atoms with van der Waals surface area (Å²) in [6.45, 7) is 5.37. The van der Waals surface area contributed by atoms with E-state index in [0.29, 0.717) is 30.8 Å². The van der Waals surface area contributed by atoms with Gasteiger partial charge in [0.05, 0.1) is 6.54 Å². The van der Waals surface area contributed by atoms with Crippen molar-refractivity contribution in [1.29, 1.82) is 0 Å². The Morgan fingerprint density at radius 3 is 2.62 bits per heavy atom. The molecule has 0 saturated heterocycles. The monoisotopic (exact) mass is 298 g/mol. The van der Waals surface area contributed by atoms with Gasteiger partial charge in [0.15, 0.2) is 0 Å². The number of nitrogens with one attached hydrogen (secondary N) is 2. The molecule has 1 rings (SSSR count). The van der Waals surface area contributed by atoms with Gasteiger partial charge >= 0.3 is 5.97 Å². The maximum Gasteiger partial charge on any atom is 0.303 e. The van der Waals surface area contributed by atoms with Crippen molar-refractivity contribution >= 4 is 11.9 Å². The van der Waals surface area contributed by atoms with Gasteiger partial charge in [-0.15, -0.1) is 0 Å². The van der Waals surface area contributed by atoms with E-state index in [-0.39, 0.29) is 12.3 Å². The highest BCUT2D eigenvalue weighted by molar-refractivity contribution is 5.78. The first kappa shape index (κ1) is 18.0. The van der Waals surface area contributed by atoms with Crippen LogP contribution in [0.1, 0.15) is 58.8 Å². The maximum atomic E-state index is 11.9. The van der Waals surface area contributed by atoms with Crippen molar-refractivity contribution in [3.05, 3.63) is 0 Å². The van der Waals surface area contributed by atoms with Gasteiger partial charge in [-0.25, -0.2) is 0 Å². The molecular formula is C16H30N2O3. The molecule has 3 atom stereocenters. The smallest absolute Gasteiger partial charge is 0.303 e. The zero-order valence-electron chi connectivity index (χ0n) is 13.4. The number of hydrogen-bond acceptors (Lipinski definition) is 3. The summed E-state index contributed by atoms with van der Waals surface area (Å²) < 4.78 is 0. The molecule has 0 heterocycles. The number of carboxylic acid groups (broad SMARTS) is 1. The van der Waals surface area contributed by atoms with Gasteiger partial charge in [-0.1, -0.05) is 26.7 Å². The van der Waals surface area contributed by atoms with Gasteiger partial charge in [0.1, 0.15) is 0 Å². The van der Waals surface area contributed by atoms with E-state index in [1.54, 1.807) is 0 Å². The fourth-order valence-corrected chi connectivity index (χ4v) is 2.85. The lowest BCUT2D eigenvalue weighted by Gasteiger charge is -2.29. The molecule has 0 aliphatic heterocycles. The fourth-order valence-electron chi connectivity index (χ4n) is 2.85. The fraction of sp³-hybridized carbons (Fsp3) is 0.875. The van der Waals surface area contributed by atoms with Crippen LogP contribution < -0.4 is 10.6 Å². The Kier molecular flexibility index (Phi) is 8.35. The lowest BCUT2D eigenvalue weighted by Crippen LogP contribution is -2.44. The third-order valence-electron chi connectivity index (χ3n) is 4.41. The van der Waals surface area contributed by atoms with Gasteiger partial charge in [-0.05, 0) is 44.1 Å². The van der Waals surface area contributed by atoms with Gasteiger partial charge in [-0.2, -0.15) is 0 Å². The maximum absolute atomic E-state index is 11.9. The van der Waals surface area contributed by atoms with Gasteiger partial charge < -0.3 is 15.7 Å². The summed E-state index contributed by atoms with van der Waals surface area (Å²) in [5.41, 5.74) is 0. The van der Waals surface area contributed by atoms with E-state index in [1.165, 1.54) is 19.3 Å². The van der Waals surface area contributed by atoms with E-state index in [1.807, 2.05) is 6.92 Å². The molecule has 1 fully saturated rings. The molecule has 21 heavy (non-hydrogen) atoms. The Morgan fingerprint density at radius 2 is 1.95 bits per heavy atom. The first-order valence-electron chi connectivity index (χ1n) is 8.21. The van der Waals surface area contributed by atoms with Gasteiger partial charge in [0, 0.05) is 12.5 Å². The van der Waals surface area contributed by atoms with Gasteiger partial charge in [0.2, 0.25) is 5.91 Å². The molecular weight excluding hydrogens is 268 g/mol. The lowest BCUT2D eigenvalue weighted by atomic mass is 9.86. The second kappa shape index (κ2) is 9.77. The van der Waals surface area contributed by atoms with E-state index < -0.39 is 5.97 Å². The minimum Gasteiger partial charge on any atom is -0.481 e. The predicted molar refractivity (Wildman–Crippen MR) is 83.1 cm³/mol. The van der Waals surface area contributed by atoms with Crippen molar-refractivity contribution in [2.75, 3.05) is 13.1 Å². The van der Waals surface area contributed by atoms with E-state index in [9.17, 15) is 9.59 Å². The zero-order chi connectivity index (χ0) is 15.7. The van der Waals surface area contributed by atoms with Gasteiger partial charge in [-0.3, -0.25) is 9.59 Å². The quantitative estimate of drug-likeness (QED) is 0.570. The number of carbonyl (C=O) groups is 2. The lowest BCUT2D eigenvalue weighted by molar-refractivity contribution is -0.137. The summed E-state index contributed by atoms with van der Waals surface area (Å²) in [4.78, 5) is 22.3. The molecule has 0 radical (unpaired) electrons. The van der Waals surface area contributed by atoms with Crippen molar-refractivity contribution < 1.29 is 14.7 Å². The molecule has 1 aliphatic carbocycles. The topological polar surface area (TPSA) is 78.4 Å². The molecule has 0 spiro atoms. The average molecular weight is 298 g/mol. The normalized spacial score (nSPS) is 23.5. The highest BCUT2D eigenvalue weighted by Crippen LogP contribution is 2.23. The molecule has 1 aliphatic rings. The minimum absolute atomic E-state index is 0.0759. The first-order valence-corrected chi connectivity index (χ1v) is 8.21. The summed E-state index contributed by atoms with van der Waals surface area (Å²) in [6.07, 6.45) is 6.62. The predicted octanol–water partition coefficient (Wildman–Crippen LogP) is 2.16. The molecule has 0 aromatic rings. The molecule has 3 unspecified atom stereocenters. The number of hydrogen-bond donors (Lipinski definition) is 3. The van der Waals surface area contributed by atoms with E-state index in [0.717, 1.165) is 19.4 Å². The van der Waals surface area contributed by atoms with Crippen LogP contribution in [0.3, 0.4) is 0 Å². The zero-order valence-corrected chi connectivity index (χ0v) is 13.4. The Labute approximate surface area is 127 Å². The third-order valence-corrected chi connectivity index (χ3v) is 4.41. The second-order valence-electron chi connectivity index (χ2n) is 6.44. The minimum atomic E-state index is -0.740. The first-order chi connectivity index (χ1) is 9.99. The average Bonchev–Trinajstić information content (AvgIpc) is 2.44. The summed E-state index contributed by atoms with van der Waals surface area (Å²) in [5.74, 6) is 0.288. The van der Waals surface area contributed by atoms with Crippen molar-refractivity contribution in [2.24, 2.45) is 11.8 Å². The van der Waals surface area contributed by atoms with Crippen LogP contribution in [-0.2, 0) is 9.59 Å². The number of amides is 1. The Hall–Kier alpha value is -1.10. The Bertz CT molecular complexity index is 333. The largest absolute Gasteiger partial charge is 0.481 e. The Balaban J connectivity index is 2.06. The van der Waals surface area contributed by atoms with Gasteiger partial charge in [0.25, 0.3) is 0 Å². The van der Waals surface area contributed by atoms with Crippen LogP contribution in [0.4, 0.5) is 0 Å².